The van der Waals surface area contributed by atoms with E-state index in [1.807, 2.05) is 30.9 Å². The summed E-state index contributed by atoms with van der Waals surface area (Å²) in [7, 11) is 0. The first-order valence-electron chi connectivity index (χ1n) is 7.28. The summed E-state index contributed by atoms with van der Waals surface area (Å²) in [6.07, 6.45) is 0.209. The Morgan fingerprint density at radius 3 is 2.25 bits per heavy atom. The van der Waals surface area contributed by atoms with Gasteiger partial charge < -0.3 is 9.64 Å². The molecule has 0 aliphatic carbocycles. The van der Waals surface area contributed by atoms with Gasteiger partial charge in [0, 0.05) is 39.6 Å². The third-order valence-electron chi connectivity index (χ3n) is 3.52. The van der Waals surface area contributed by atoms with Crippen molar-refractivity contribution in [1.29, 1.82) is 0 Å². The van der Waals surface area contributed by atoms with E-state index in [1.165, 1.54) is 5.56 Å². The van der Waals surface area contributed by atoms with Crippen LogP contribution in [-0.4, -0.2) is 48.0 Å². The van der Waals surface area contributed by atoms with Crippen LogP contribution in [-0.2, 0) is 11.3 Å². The van der Waals surface area contributed by atoms with Crippen LogP contribution in [0.4, 0.5) is 0 Å². The van der Waals surface area contributed by atoms with Crippen molar-refractivity contribution >= 4 is 5.91 Å². The fourth-order valence-corrected chi connectivity index (χ4v) is 2.42. The van der Waals surface area contributed by atoms with Gasteiger partial charge in [-0.05, 0) is 31.5 Å². The summed E-state index contributed by atoms with van der Waals surface area (Å²) in [4.78, 5) is 15.6. The van der Waals surface area contributed by atoms with Crippen molar-refractivity contribution in [1.82, 2.24) is 9.80 Å². The molecule has 1 saturated heterocycles. The van der Waals surface area contributed by atoms with E-state index < -0.39 is 0 Å². The van der Waals surface area contributed by atoms with Crippen LogP contribution in [0.5, 0.6) is 5.75 Å². The lowest BCUT2D eigenvalue weighted by atomic mass is 10.2. The number of hydrogen-bond acceptors (Lipinski definition) is 3. The molecule has 0 radical (unpaired) electrons. The lowest BCUT2D eigenvalue weighted by molar-refractivity contribution is -0.130. The van der Waals surface area contributed by atoms with Crippen LogP contribution in [0.15, 0.2) is 24.3 Å². The zero-order valence-corrected chi connectivity index (χ0v) is 12.6. The van der Waals surface area contributed by atoms with Gasteiger partial charge >= 0.3 is 0 Å². The van der Waals surface area contributed by atoms with Crippen LogP contribution in [0.3, 0.4) is 0 Å². The molecule has 1 aromatic carbocycles. The summed E-state index contributed by atoms with van der Waals surface area (Å²) in [6, 6.07) is 8.30. The van der Waals surface area contributed by atoms with E-state index in [0.717, 1.165) is 38.5 Å². The Kier molecular flexibility index (Phi) is 5.01. The molecule has 0 spiro atoms. The maximum absolute atomic E-state index is 11.3. The Hall–Kier alpha value is -1.55. The number of piperazine rings is 1. The lowest BCUT2D eigenvalue weighted by Crippen LogP contribution is -2.47. The molecule has 0 N–H and O–H groups in total. The zero-order valence-electron chi connectivity index (χ0n) is 12.6. The summed E-state index contributed by atoms with van der Waals surface area (Å²) in [5.41, 5.74) is 1.29. The van der Waals surface area contributed by atoms with Crippen LogP contribution in [0.25, 0.3) is 0 Å². The number of hydrogen-bond donors (Lipinski definition) is 0. The maximum atomic E-state index is 11.3. The van der Waals surface area contributed by atoms with Crippen LogP contribution < -0.4 is 4.74 Å². The molecular formula is C16H24N2O2. The molecule has 0 aromatic heterocycles. The molecule has 0 unspecified atom stereocenters. The number of rotatable bonds is 4. The van der Waals surface area contributed by atoms with Crippen LogP contribution in [0.2, 0.25) is 0 Å². The molecule has 0 bridgehead atoms. The number of amides is 1. The molecule has 1 heterocycles. The fourth-order valence-electron chi connectivity index (χ4n) is 2.42. The summed E-state index contributed by atoms with van der Waals surface area (Å²) in [5.74, 6) is 1.10. The average molecular weight is 276 g/mol. The van der Waals surface area contributed by atoms with E-state index in [9.17, 15) is 4.79 Å². The van der Waals surface area contributed by atoms with E-state index in [0.29, 0.717) is 0 Å². The number of nitrogens with zero attached hydrogens (tertiary/aromatic N) is 2. The predicted octanol–water partition coefficient (Wildman–Crippen LogP) is 2.14. The molecule has 1 aliphatic heterocycles. The molecule has 20 heavy (non-hydrogen) atoms. The zero-order chi connectivity index (χ0) is 14.5. The monoisotopic (exact) mass is 276 g/mol. The highest BCUT2D eigenvalue weighted by Crippen LogP contribution is 2.15. The SMILES string of the molecule is CC(=O)N1CCN(Cc2ccc(OC(C)C)cc2)CC1. The second-order valence-electron chi connectivity index (χ2n) is 5.59. The maximum Gasteiger partial charge on any atom is 0.219 e. The molecule has 0 atom stereocenters. The van der Waals surface area contributed by atoms with Crippen LogP contribution >= 0.6 is 0 Å². The molecular weight excluding hydrogens is 252 g/mol. The molecule has 1 aromatic rings. The highest BCUT2D eigenvalue weighted by Gasteiger charge is 2.18. The van der Waals surface area contributed by atoms with Gasteiger partial charge in [0.25, 0.3) is 0 Å². The number of carbonyl (C=O) groups excluding carboxylic acids is 1. The van der Waals surface area contributed by atoms with Gasteiger partial charge in [-0.2, -0.15) is 0 Å². The van der Waals surface area contributed by atoms with Gasteiger partial charge in [0.15, 0.2) is 0 Å². The van der Waals surface area contributed by atoms with Crippen molar-refractivity contribution in [3.05, 3.63) is 29.8 Å². The Morgan fingerprint density at radius 2 is 1.75 bits per heavy atom. The van der Waals surface area contributed by atoms with Crippen molar-refractivity contribution in [3.8, 4) is 5.75 Å². The normalized spacial score (nSPS) is 16.5. The third-order valence-corrected chi connectivity index (χ3v) is 3.52. The third kappa shape index (κ3) is 4.23. The number of benzene rings is 1. The van der Waals surface area contributed by atoms with Crippen molar-refractivity contribution in [2.75, 3.05) is 26.2 Å². The van der Waals surface area contributed by atoms with Crippen molar-refractivity contribution in [3.63, 3.8) is 0 Å². The summed E-state index contributed by atoms with van der Waals surface area (Å²) in [6.45, 7) is 10.2. The van der Waals surface area contributed by atoms with Gasteiger partial charge in [-0.1, -0.05) is 12.1 Å². The first kappa shape index (κ1) is 14.9. The molecule has 0 saturated carbocycles. The fraction of sp³-hybridized carbons (Fsp3) is 0.562. The summed E-state index contributed by atoms with van der Waals surface area (Å²) in [5, 5.41) is 0. The molecule has 4 heteroatoms. The van der Waals surface area contributed by atoms with Crippen LogP contribution in [0, 0.1) is 0 Å². The largest absolute Gasteiger partial charge is 0.491 e. The van der Waals surface area contributed by atoms with Crippen molar-refractivity contribution < 1.29 is 9.53 Å². The molecule has 1 fully saturated rings. The minimum absolute atomic E-state index is 0.180. The van der Waals surface area contributed by atoms with Crippen LogP contribution in [0.1, 0.15) is 26.3 Å². The quantitative estimate of drug-likeness (QED) is 0.844. The standard InChI is InChI=1S/C16H24N2O2/c1-13(2)20-16-6-4-15(5-7-16)12-17-8-10-18(11-9-17)14(3)19/h4-7,13H,8-12H2,1-3H3. The highest BCUT2D eigenvalue weighted by atomic mass is 16.5. The lowest BCUT2D eigenvalue weighted by Gasteiger charge is -2.34. The predicted molar refractivity (Wildman–Crippen MR) is 79.7 cm³/mol. The Morgan fingerprint density at radius 1 is 1.15 bits per heavy atom. The van der Waals surface area contributed by atoms with Gasteiger partial charge in [0.1, 0.15) is 5.75 Å². The first-order valence-corrected chi connectivity index (χ1v) is 7.28. The van der Waals surface area contributed by atoms with Crippen molar-refractivity contribution in [2.45, 2.75) is 33.4 Å². The van der Waals surface area contributed by atoms with Gasteiger partial charge in [-0.3, -0.25) is 9.69 Å². The molecule has 4 nitrogen and oxygen atoms in total. The molecule has 1 amide bonds. The average Bonchev–Trinajstić information content (AvgIpc) is 2.41. The molecule has 2 rings (SSSR count). The Bertz CT molecular complexity index is 434. The van der Waals surface area contributed by atoms with Gasteiger partial charge in [0.2, 0.25) is 5.91 Å². The second kappa shape index (κ2) is 6.75. The van der Waals surface area contributed by atoms with Gasteiger partial charge in [-0.15, -0.1) is 0 Å². The first-order chi connectivity index (χ1) is 9.54. The van der Waals surface area contributed by atoms with E-state index in [2.05, 4.69) is 17.0 Å². The number of carbonyl (C=O) groups is 1. The summed E-state index contributed by atoms with van der Waals surface area (Å²) >= 11 is 0. The van der Waals surface area contributed by atoms with E-state index in [1.54, 1.807) is 6.92 Å². The minimum Gasteiger partial charge on any atom is -0.491 e. The van der Waals surface area contributed by atoms with Crippen molar-refractivity contribution in [2.24, 2.45) is 0 Å². The molecule has 110 valence electrons. The highest BCUT2D eigenvalue weighted by molar-refractivity contribution is 5.73. The van der Waals surface area contributed by atoms with Gasteiger partial charge in [0.05, 0.1) is 6.10 Å². The Labute approximate surface area is 121 Å². The van der Waals surface area contributed by atoms with E-state index >= 15 is 0 Å². The second-order valence-corrected chi connectivity index (χ2v) is 5.59. The smallest absolute Gasteiger partial charge is 0.219 e. The minimum atomic E-state index is 0.180. The topological polar surface area (TPSA) is 32.8 Å². The van der Waals surface area contributed by atoms with Gasteiger partial charge in [-0.25, -0.2) is 0 Å². The van der Waals surface area contributed by atoms with E-state index in [-0.39, 0.29) is 12.0 Å². The summed E-state index contributed by atoms with van der Waals surface area (Å²) < 4.78 is 5.64. The molecule has 1 aliphatic rings. The number of ether oxygens (including phenoxy) is 1. The van der Waals surface area contributed by atoms with E-state index in [4.69, 9.17) is 4.74 Å². The Balaban J connectivity index is 1.83.